The highest BCUT2D eigenvalue weighted by Crippen LogP contribution is 2.29. The fourth-order valence-electron chi connectivity index (χ4n) is 2.41. The molecule has 1 aromatic carbocycles. The van der Waals surface area contributed by atoms with Gasteiger partial charge in [0.2, 0.25) is 0 Å². The second-order valence-electron chi connectivity index (χ2n) is 6.38. The lowest BCUT2D eigenvalue weighted by atomic mass is 9.99. The molecule has 1 saturated carbocycles. The molecule has 2 aromatic rings. The predicted molar refractivity (Wildman–Crippen MR) is 96.0 cm³/mol. The zero-order valence-electron chi connectivity index (χ0n) is 13.7. The molecule has 1 atom stereocenters. The van der Waals surface area contributed by atoms with Crippen LogP contribution < -0.4 is 10.6 Å². The Morgan fingerprint density at radius 1 is 1.44 bits per heavy atom. The van der Waals surface area contributed by atoms with Crippen LogP contribution in [-0.4, -0.2) is 28.5 Å². The van der Waals surface area contributed by atoms with Crippen LogP contribution in [0.3, 0.4) is 0 Å². The van der Waals surface area contributed by atoms with Crippen molar-refractivity contribution < 1.29 is 14.8 Å². The highest BCUT2D eigenvalue weighted by atomic mass is 32.1. The molecular formula is C17H19N3O4S. The van der Waals surface area contributed by atoms with E-state index >= 15 is 0 Å². The van der Waals surface area contributed by atoms with E-state index < -0.39 is 10.5 Å². The van der Waals surface area contributed by atoms with Gasteiger partial charge in [-0.2, -0.15) is 11.3 Å². The molecule has 7 nitrogen and oxygen atoms in total. The van der Waals surface area contributed by atoms with Crippen LogP contribution in [0.25, 0.3) is 0 Å². The van der Waals surface area contributed by atoms with Crippen LogP contribution >= 0.6 is 11.3 Å². The predicted octanol–water partition coefficient (Wildman–Crippen LogP) is 2.87. The second-order valence-corrected chi connectivity index (χ2v) is 7.16. The summed E-state index contributed by atoms with van der Waals surface area (Å²) in [4.78, 5) is 22.9. The van der Waals surface area contributed by atoms with Gasteiger partial charge in [0.15, 0.2) is 0 Å². The van der Waals surface area contributed by atoms with Crippen LogP contribution in [0.15, 0.2) is 35.0 Å². The minimum atomic E-state index is -1.16. The third-order valence-electron chi connectivity index (χ3n) is 4.14. The van der Waals surface area contributed by atoms with E-state index in [-0.39, 0.29) is 35.4 Å². The van der Waals surface area contributed by atoms with E-state index in [4.69, 9.17) is 0 Å². The maximum absolute atomic E-state index is 12.1. The zero-order valence-corrected chi connectivity index (χ0v) is 14.5. The molecule has 132 valence electrons. The number of benzene rings is 1. The summed E-state index contributed by atoms with van der Waals surface area (Å²) in [7, 11) is 0. The number of nitro groups is 1. The number of nitro benzene ring substituents is 1. The third-order valence-corrected chi connectivity index (χ3v) is 4.82. The van der Waals surface area contributed by atoms with Crippen molar-refractivity contribution in [3.05, 3.63) is 56.3 Å². The molecular weight excluding hydrogens is 342 g/mol. The Labute approximate surface area is 148 Å². The Hall–Kier alpha value is -2.45. The van der Waals surface area contributed by atoms with Crippen LogP contribution in [0, 0.1) is 10.1 Å². The third kappa shape index (κ3) is 4.15. The van der Waals surface area contributed by atoms with E-state index in [2.05, 4.69) is 10.6 Å². The van der Waals surface area contributed by atoms with Gasteiger partial charge >= 0.3 is 0 Å². The average Bonchev–Trinajstić information content (AvgIpc) is 3.20. The Morgan fingerprint density at radius 2 is 2.20 bits per heavy atom. The van der Waals surface area contributed by atoms with Crippen molar-refractivity contribution >= 4 is 28.6 Å². The molecule has 0 saturated heterocycles. The highest BCUT2D eigenvalue weighted by Gasteiger charge is 2.27. The Bertz CT molecular complexity index is 785. The number of amides is 1. The zero-order chi connectivity index (χ0) is 18.0. The smallest absolute Gasteiger partial charge is 0.293 e. The number of anilines is 1. The van der Waals surface area contributed by atoms with Crippen molar-refractivity contribution in [3.8, 4) is 0 Å². The van der Waals surface area contributed by atoms with Gasteiger partial charge in [0, 0.05) is 24.2 Å². The lowest BCUT2D eigenvalue weighted by molar-refractivity contribution is -0.384. The van der Waals surface area contributed by atoms with Crippen molar-refractivity contribution in [2.45, 2.75) is 31.4 Å². The summed E-state index contributed by atoms with van der Waals surface area (Å²) in [5.41, 5.74) is -0.0783. The first-order valence-electron chi connectivity index (χ1n) is 7.95. The van der Waals surface area contributed by atoms with Crippen LogP contribution in [0.5, 0.6) is 0 Å². The second kappa shape index (κ2) is 6.81. The lowest BCUT2D eigenvalue weighted by Gasteiger charge is -2.23. The summed E-state index contributed by atoms with van der Waals surface area (Å²) in [5.74, 6) is -0.303. The molecule has 1 unspecified atom stereocenters. The molecule has 1 amide bonds. The van der Waals surface area contributed by atoms with Crippen LogP contribution in [-0.2, 0) is 5.60 Å². The van der Waals surface area contributed by atoms with E-state index in [1.807, 2.05) is 16.8 Å². The summed E-state index contributed by atoms with van der Waals surface area (Å²) in [6, 6.07) is 6.31. The fourth-order valence-corrected chi connectivity index (χ4v) is 3.19. The summed E-state index contributed by atoms with van der Waals surface area (Å²) in [6.45, 7) is 1.75. The summed E-state index contributed by atoms with van der Waals surface area (Å²) < 4.78 is 0. The Morgan fingerprint density at radius 3 is 2.80 bits per heavy atom. The van der Waals surface area contributed by atoms with Gasteiger partial charge in [-0.25, -0.2) is 0 Å². The molecule has 1 fully saturated rings. The molecule has 3 N–H and O–H groups in total. The SMILES string of the molecule is CC(O)(CNc1ccc(C(=O)NC2CC2)cc1[N+](=O)[O-])c1ccsc1. The number of aliphatic hydroxyl groups is 1. The maximum Gasteiger partial charge on any atom is 0.293 e. The van der Waals surface area contributed by atoms with Gasteiger partial charge in [0.25, 0.3) is 11.6 Å². The Balaban J connectivity index is 1.76. The molecule has 1 aliphatic carbocycles. The van der Waals surface area contributed by atoms with Gasteiger partial charge in [-0.3, -0.25) is 14.9 Å². The highest BCUT2D eigenvalue weighted by molar-refractivity contribution is 7.08. The summed E-state index contributed by atoms with van der Waals surface area (Å²) in [6.07, 6.45) is 1.90. The number of rotatable bonds is 7. The molecule has 1 aliphatic rings. The Kier molecular flexibility index (Phi) is 4.73. The number of carbonyl (C=O) groups excluding carboxylic acids is 1. The molecule has 1 aromatic heterocycles. The largest absolute Gasteiger partial charge is 0.384 e. The molecule has 0 spiro atoms. The molecule has 25 heavy (non-hydrogen) atoms. The minimum absolute atomic E-state index is 0.109. The summed E-state index contributed by atoms with van der Waals surface area (Å²) >= 11 is 1.47. The molecule has 0 aliphatic heterocycles. The van der Waals surface area contributed by atoms with Crippen molar-refractivity contribution in [1.82, 2.24) is 5.32 Å². The number of nitrogens with zero attached hydrogens (tertiary/aromatic N) is 1. The van der Waals surface area contributed by atoms with E-state index in [1.165, 1.54) is 23.5 Å². The topological polar surface area (TPSA) is 104 Å². The van der Waals surface area contributed by atoms with E-state index in [0.29, 0.717) is 0 Å². The van der Waals surface area contributed by atoms with Crippen LogP contribution in [0.4, 0.5) is 11.4 Å². The van der Waals surface area contributed by atoms with Crippen LogP contribution in [0.1, 0.15) is 35.7 Å². The van der Waals surface area contributed by atoms with E-state index in [9.17, 15) is 20.0 Å². The first-order chi connectivity index (χ1) is 11.9. The van der Waals surface area contributed by atoms with Gasteiger partial charge in [0.1, 0.15) is 11.3 Å². The van der Waals surface area contributed by atoms with E-state index in [1.54, 1.807) is 13.0 Å². The monoisotopic (exact) mass is 361 g/mol. The first-order valence-corrected chi connectivity index (χ1v) is 8.89. The number of hydrogen-bond donors (Lipinski definition) is 3. The number of nitrogens with one attached hydrogen (secondary N) is 2. The standard InChI is InChI=1S/C17H19N3O4S/c1-17(22,12-6-7-25-9-12)10-18-14-5-2-11(8-15(14)20(23)24)16(21)19-13-3-4-13/h2,5-9,13,18,22H,3-4,10H2,1H3,(H,19,21). The van der Waals surface area contributed by atoms with Gasteiger partial charge in [-0.15, -0.1) is 0 Å². The quantitative estimate of drug-likeness (QED) is 0.519. The number of thiophene rings is 1. The fraction of sp³-hybridized carbons (Fsp3) is 0.353. The molecule has 3 rings (SSSR count). The average molecular weight is 361 g/mol. The normalized spacial score (nSPS) is 16.1. The lowest BCUT2D eigenvalue weighted by Crippen LogP contribution is -2.30. The van der Waals surface area contributed by atoms with Crippen molar-refractivity contribution in [2.24, 2.45) is 0 Å². The van der Waals surface area contributed by atoms with Crippen molar-refractivity contribution in [2.75, 3.05) is 11.9 Å². The molecule has 0 bridgehead atoms. The van der Waals surface area contributed by atoms with Gasteiger partial charge in [-0.1, -0.05) is 0 Å². The first kappa shape index (κ1) is 17.4. The number of hydrogen-bond acceptors (Lipinski definition) is 6. The van der Waals surface area contributed by atoms with Crippen molar-refractivity contribution in [1.29, 1.82) is 0 Å². The van der Waals surface area contributed by atoms with Gasteiger partial charge in [0.05, 0.1) is 4.92 Å². The van der Waals surface area contributed by atoms with Gasteiger partial charge in [-0.05, 0) is 54.3 Å². The molecule has 0 radical (unpaired) electrons. The van der Waals surface area contributed by atoms with Gasteiger partial charge < -0.3 is 15.7 Å². The maximum atomic E-state index is 12.1. The summed E-state index contributed by atoms with van der Waals surface area (Å²) in [5, 5.41) is 31.3. The minimum Gasteiger partial charge on any atom is -0.384 e. The van der Waals surface area contributed by atoms with Crippen molar-refractivity contribution in [3.63, 3.8) is 0 Å². The van der Waals surface area contributed by atoms with Crippen LogP contribution in [0.2, 0.25) is 0 Å². The molecule has 1 heterocycles. The van der Waals surface area contributed by atoms with E-state index in [0.717, 1.165) is 18.4 Å². The molecule has 8 heteroatoms. The number of carbonyl (C=O) groups is 1.